The van der Waals surface area contributed by atoms with Gasteiger partial charge in [-0.1, -0.05) is 0 Å². The third-order valence-corrected chi connectivity index (χ3v) is 4.26. The molecule has 0 aliphatic carbocycles. The van der Waals surface area contributed by atoms with E-state index in [4.69, 9.17) is 11.6 Å². The van der Waals surface area contributed by atoms with Crippen molar-refractivity contribution < 1.29 is 4.39 Å². The Labute approximate surface area is 142 Å². The van der Waals surface area contributed by atoms with Gasteiger partial charge < -0.3 is 0 Å². The van der Waals surface area contributed by atoms with Gasteiger partial charge in [0.2, 0.25) is 0 Å². The third-order valence-electron chi connectivity index (χ3n) is 3.00. The molecule has 0 saturated carbocycles. The third kappa shape index (κ3) is 2.72. The summed E-state index contributed by atoms with van der Waals surface area (Å²) < 4.78 is 16.6. The Morgan fingerprint density at radius 3 is 2.71 bits per heavy atom. The van der Waals surface area contributed by atoms with Crippen molar-refractivity contribution >= 4 is 54.6 Å². The number of aromatic nitrogens is 3. The molecule has 0 bridgehead atoms. The topological polar surface area (TPSA) is 30.7 Å². The SMILES string of the molecule is CC(Cl)c1nc2cc(Br)cnc2n1-c1ccc(F)cc1Br. The van der Waals surface area contributed by atoms with Gasteiger partial charge in [0.15, 0.2) is 5.65 Å². The van der Waals surface area contributed by atoms with Crippen molar-refractivity contribution in [2.24, 2.45) is 0 Å². The molecule has 0 saturated heterocycles. The Morgan fingerprint density at radius 2 is 2.05 bits per heavy atom. The molecule has 0 amide bonds. The quantitative estimate of drug-likeness (QED) is 0.508. The molecule has 1 unspecified atom stereocenters. The van der Waals surface area contributed by atoms with Crippen LogP contribution in [0, 0.1) is 5.82 Å². The second kappa shape index (κ2) is 5.66. The first-order valence-corrected chi connectivity index (χ1v) is 8.13. The van der Waals surface area contributed by atoms with Crippen LogP contribution in [-0.4, -0.2) is 14.5 Å². The monoisotopic (exact) mass is 431 g/mol. The van der Waals surface area contributed by atoms with E-state index in [0.29, 0.717) is 15.9 Å². The van der Waals surface area contributed by atoms with E-state index < -0.39 is 0 Å². The van der Waals surface area contributed by atoms with Crippen LogP contribution in [0.2, 0.25) is 0 Å². The van der Waals surface area contributed by atoms with Gasteiger partial charge in [-0.2, -0.15) is 0 Å². The van der Waals surface area contributed by atoms with Crippen LogP contribution in [-0.2, 0) is 0 Å². The highest BCUT2D eigenvalue weighted by molar-refractivity contribution is 9.10. The van der Waals surface area contributed by atoms with E-state index in [1.54, 1.807) is 12.3 Å². The van der Waals surface area contributed by atoms with Gasteiger partial charge in [0, 0.05) is 15.1 Å². The van der Waals surface area contributed by atoms with Gasteiger partial charge in [0.25, 0.3) is 0 Å². The number of nitrogens with zero attached hydrogens (tertiary/aromatic N) is 3. The Bertz CT molecular complexity index is 832. The van der Waals surface area contributed by atoms with E-state index in [2.05, 4.69) is 41.8 Å². The maximum Gasteiger partial charge on any atom is 0.164 e. The van der Waals surface area contributed by atoms with Crippen LogP contribution < -0.4 is 0 Å². The molecule has 7 heteroatoms. The fraction of sp³-hybridized carbons (Fsp3) is 0.143. The largest absolute Gasteiger partial charge is 0.278 e. The molecule has 2 aromatic heterocycles. The molecule has 3 aromatic rings. The lowest BCUT2D eigenvalue weighted by molar-refractivity contribution is 0.626. The maximum atomic E-state index is 13.3. The van der Waals surface area contributed by atoms with E-state index in [1.807, 2.05) is 17.6 Å². The molecule has 3 nitrogen and oxygen atoms in total. The van der Waals surface area contributed by atoms with Gasteiger partial charge in [-0.3, -0.25) is 4.57 Å². The summed E-state index contributed by atoms with van der Waals surface area (Å²) in [5.74, 6) is 0.343. The smallest absolute Gasteiger partial charge is 0.164 e. The molecule has 1 atom stereocenters. The number of rotatable bonds is 2. The average molecular weight is 434 g/mol. The molecular weight excluding hydrogens is 424 g/mol. The van der Waals surface area contributed by atoms with Gasteiger partial charge in [-0.25, -0.2) is 14.4 Å². The summed E-state index contributed by atoms with van der Waals surface area (Å²) in [4.78, 5) is 8.94. The number of imidazole rings is 1. The van der Waals surface area contributed by atoms with Crippen molar-refractivity contribution in [2.45, 2.75) is 12.3 Å². The van der Waals surface area contributed by atoms with Crippen LogP contribution in [0.5, 0.6) is 0 Å². The average Bonchev–Trinajstić information content (AvgIpc) is 2.77. The van der Waals surface area contributed by atoms with Crippen LogP contribution in [0.3, 0.4) is 0 Å². The van der Waals surface area contributed by atoms with E-state index in [1.165, 1.54) is 12.1 Å². The number of pyridine rings is 1. The number of benzene rings is 1. The van der Waals surface area contributed by atoms with E-state index >= 15 is 0 Å². The van der Waals surface area contributed by atoms with Gasteiger partial charge in [0.05, 0.1) is 11.1 Å². The lowest BCUT2D eigenvalue weighted by Gasteiger charge is -2.11. The Kier molecular flexibility index (Phi) is 4.03. The first kappa shape index (κ1) is 14.9. The molecule has 0 N–H and O–H groups in total. The zero-order chi connectivity index (χ0) is 15.1. The molecule has 108 valence electrons. The summed E-state index contributed by atoms with van der Waals surface area (Å²) in [7, 11) is 0. The normalized spacial score (nSPS) is 12.8. The molecule has 0 spiro atoms. The minimum Gasteiger partial charge on any atom is -0.278 e. The summed E-state index contributed by atoms with van der Waals surface area (Å²) >= 11 is 13.0. The summed E-state index contributed by atoms with van der Waals surface area (Å²) in [6.07, 6.45) is 1.70. The highest BCUT2D eigenvalue weighted by atomic mass is 79.9. The van der Waals surface area contributed by atoms with Crippen LogP contribution in [0.25, 0.3) is 16.9 Å². The summed E-state index contributed by atoms with van der Waals surface area (Å²) in [6, 6.07) is 6.35. The van der Waals surface area contributed by atoms with Gasteiger partial charge >= 0.3 is 0 Å². The van der Waals surface area contributed by atoms with Crippen molar-refractivity contribution in [2.75, 3.05) is 0 Å². The van der Waals surface area contributed by atoms with E-state index in [0.717, 1.165) is 15.7 Å². The fourth-order valence-corrected chi connectivity index (χ4v) is 3.12. The lowest BCUT2D eigenvalue weighted by Crippen LogP contribution is -2.03. The van der Waals surface area contributed by atoms with Gasteiger partial charge in [-0.05, 0) is 63.0 Å². The summed E-state index contributed by atoms with van der Waals surface area (Å²) in [5.41, 5.74) is 2.15. The maximum absolute atomic E-state index is 13.3. The van der Waals surface area contributed by atoms with Gasteiger partial charge in [0.1, 0.15) is 17.2 Å². The molecular formula is C14H9Br2ClFN3. The Hall–Kier alpha value is -0.980. The standard InChI is InChI=1S/C14H9Br2ClFN3/c1-7(17)13-20-11-4-8(15)6-19-14(11)21(13)12-3-2-9(18)5-10(12)16/h2-7H,1H3. The van der Waals surface area contributed by atoms with Gasteiger partial charge in [-0.15, -0.1) is 11.6 Å². The van der Waals surface area contributed by atoms with Crippen molar-refractivity contribution in [1.82, 2.24) is 14.5 Å². The van der Waals surface area contributed by atoms with Crippen LogP contribution >= 0.6 is 43.5 Å². The van der Waals surface area contributed by atoms with Crippen LogP contribution in [0.4, 0.5) is 4.39 Å². The number of hydrogen-bond acceptors (Lipinski definition) is 2. The Balaban J connectivity index is 2.36. The lowest BCUT2D eigenvalue weighted by atomic mass is 10.3. The predicted molar refractivity (Wildman–Crippen MR) is 88.5 cm³/mol. The highest BCUT2D eigenvalue weighted by Crippen LogP contribution is 2.31. The number of alkyl halides is 1. The van der Waals surface area contributed by atoms with Crippen molar-refractivity contribution in [3.8, 4) is 5.69 Å². The Morgan fingerprint density at radius 1 is 1.29 bits per heavy atom. The van der Waals surface area contributed by atoms with Crippen LogP contribution in [0.15, 0.2) is 39.4 Å². The minimum absolute atomic E-state index is 0.310. The number of hydrogen-bond donors (Lipinski definition) is 0. The minimum atomic E-state index is -0.314. The fourth-order valence-electron chi connectivity index (χ4n) is 2.12. The van der Waals surface area contributed by atoms with E-state index in [9.17, 15) is 4.39 Å². The second-order valence-corrected chi connectivity index (χ2v) is 6.94. The second-order valence-electron chi connectivity index (χ2n) is 4.51. The van der Waals surface area contributed by atoms with Crippen molar-refractivity contribution in [3.05, 3.63) is 51.0 Å². The molecule has 0 radical (unpaired) electrons. The molecule has 2 heterocycles. The van der Waals surface area contributed by atoms with Crippen molar-refractivity contribution in [3.63, 3.8) is 0 Å². The molecule has 0 aliphatic heterocycles. The highest BCUT2D eigenvalue weighted by Gasteiger charge is 2.19. The molecule has 1 aromatic carbocycles. The summed E-state index contributed by atoms with van der Waals surface area (Å²) in [5, 5.41) is -0.310. The van der Waals surface area contributed by atoms with Crippen LogP contribution in [0.1, 0.15) is 18.1 Å². The molecule has 0 aliphatic rings. The zero-order valence-corrected chi connectivity index (χ0v) is 14.7. The van der Waals surface area contributed by atoms with Crippen molar-refractivity contribution in [1.29, 1.82) is 0 Å². The predicted octanol–water partition coefficient (Wildman–Crippen LogP) is 5.38. The molecule has 0 fully saturated rings. The molecule has 21 heavy (non-hydrogen) atoms. The first-order chi connectivity index (χ1) is 9.97. The van der Waals surface area contributed by atoms with E-state index in [-0.39, 0.29) is 11.2 Å². The number of fused-ring (bicyclic) bond motifs is 1. The zero-order valence-electron chi connectivity index (χ0n) is 10.8. The first-order valence-electron chi connectivity index (χ1n) is 6.11. The number of halogens is 4. The summed E-state index contributed by atoms with van der Waals surface area (Å²) in [6.45, 7) is 1.84. The molecule has 3 rings (SSSR count).